The van der Waals surface area contributed by atoms with E-state index in [4.69, 9.17) is 4.74 Å². The predicted molar refractivity (Wildman–Crippen MR) is 89.2 cm³/mol. The van der Waals surface area contributed by atoms with E-state index in [0.29, 0.717) is 11.4 Å². The predicted octanol–water partition coefficient (Wildman–Crippen LogP) is 4.30. The third-order valence-electron chi connectivity index (χ3n) is 3.56. The minimum absolute atomic E-state index is 0.131. The molecule has 0 aliphatic carbocycles. The Hall–Kier alpha value is -2.88. The summed E-state index contributed by atoms with van der Waals surface area (Å²) in [5.74, 6) is -0.0944. The molecule has 0 radical (unpaired) electrons. The molecular weight excluding hydrogens is 293 g/mol. The van der Waals surface area contributed by atoms with Gasteiger partial charge >= 0.3 is 0 Å². The summed E-state index contributed by atoms with van der Waals surface area (Å²) < 4.78 is 18.7. The SMILES string of the molecule is Cc1ccc(F)cc1NC(=O)COc1ccc2ccccc2c1. The van der Waals surface area contributed by atoms with Crippen molar-refractivity contribution in [3.63, 3.8) is 0 Å². The van der Waals surface area contributed by atoms with Crippen molar-refractivity contribution in [1.29, 1.82) is 0 Å². The molecule has 3 aromatic rings. The number of carbonyl (C=O) groups is 1. The fraction of sp³-hybridized carbons (Fsp3) is 0.105. The maximum absolute atomic E-state index is 13.2. The Morgan fingerprint density at radius 1 is 1.04 bits per heavy atom. The smallest absolute Gasteiger partial charge is 0.262 e. The van der Waals surface area contributed by atoms with Gasteiger partial charge in [0.05, 0.1) is 0 Å². The molecular formula is C19H16FNO2. The molecule has 4 heteroatoms. The van der Waals surface area contributed by atoms with Gasteiger partial charge in [-0.25, -0.2) is 4.39 Å². The first-order valence-electron chi connectivity index (χ1n) is 7.29. The van der Waals surface area contributed by atoms with Gasteiger partial charge in [-0.15, -0.1) is 0 Å². The first kappa shape index (κ1) is 15.0. The first-order valence-corrected chi connectivity index (χ1v) is 7.29. The van der Waals surface area contributed by atoms with Crippen LogP contribution in [-0.2, 0) is 4.79 Å². The molecule has 0 saturated carbocycles. The zero-order valence-electron chi connectivity index (χ0n) is 12.7. The van der Waals surface area contributed by atoms with Crippen LogP contribution in [0.1, 0.15) is 5.56 Å². The van der Waals surface area contributed by atoms with Gasteiger partial charge in [-0.3, -0.25) is 4.79 Å². The Bertz CT molecular complexity index is 861. The average molecular weight is 309 g/mol. The van der Waals surface area contributed by atoms with Gasteiger partial charge < -0.3 is 10.1 Å². The number of carbonyl (C=O) groups excluding carboxylic acids is 1. The van der Waals surface area contributed by atoms with E-state index in [-0.39, 0.29) is 18.3 Å². The fourth-order valence-electron chi connectivity index (χ4n) is 2.32. The number of halogens is 1. The summed E-state index contributed by atoms with van der Waals surface area (Å²) in [5, 5.41) is 4.81. The van der Waals surface area contributed by atoms with E-state index in [1.54, 1.807) is 13.0 Å². The van der Waals surface area contributed by atoms with E-state index >= 15 is 0 Å². The third kappa shape index (κ3) is 3.66. The highest BCUT2D eigenvalue weighted by Gasteiger charge is 2.07. The summed E-state index contributed by atoms with van der Waals surface area (Å²) >= 11 is 0. The maximum Gasteiger partial charge on any atom is 0.262 e. The minimum atomic E-state index is -0.388. The number of amides is 1. The fourth-order valence-corrected chi connectivity index (χ4v) is 2.32. The van der Waals surface area contributed by atoms with E-state index in [9.17, 15) is 9.18 Å². The lowest BCUT2D eigenvalue weighted by Gasteiger charge is -2.10. The van der Waals surface area contributed by atoms with Crippen molar-refractivity contribution in [2.24, 2.45) is 0 Å². The van der Waals surface area contributed by atoms with E-state index in [1.807, 2.05) is 42.5 Å². The summed E-state index contributed by atoms with van der Waals surface area (Å²) in [6.45, 7) is 1.67. The molecule has 3 aromatic carbocycles. The van der Waals surface area contributed by atoms with Gasteiger partial charge in [0, 0.05) is 5.69 Å². The van der Waals surface area contributed by atoms with Gasteiger partial charge in [-0.1, -0.05) is 36.4 Å². The summed E-state index contributed by atoms with van der Waals surface area (Å²) in [6.07, 6.45) is 0. The summed E-state index contributed by atoms with van der Waals surface area (Å²) in [5.41, 5.74) is 1.25. The second-order valence-electron chi connectivity index (χ2n) is 5.31. The van der Waals surface area contributed by atoms with Gasteiger partial charge in [0.1, 0.15) is 11.6 Å². The molecule has 1 amide bonds. The number of anilines is 1. The number of ether oxygens (including phenoxy) is 1. The number of nitrogens with one attached hydrogen (secondary N) is 1. The number of fused-ring (bicyclic) bond motifs is 1. The van der Waals surface area contributed by atoms with Crippen molar-refractivity contribution >= 4 is 22.4 Å². The summed E-state index contributed by atoms with van der Waals surface area (Å²) in [6, 6.07) is 17.8. The molecule has 0 unspecified atom stereocenters. The molecule has 0 bridgehead atoms. The Balaban J connectivity index is 1.64. The van der Waals surface area contributed by atoms with Gasteiger partial charge in [0.15, 0.2) is 6.61 Å². The summed E-state index contributed by atoms with van der Waals surface area (Å²) in [4.78, 5) is 12.0. The number of aryl methyl sites for hydroxylation is 1. The number of rotatable bonds is 4. The average Bonchev–Trinajstić information content (AvgIpc) is 2.56. The van der Waals surface area contributed by atoms with E-state index in [1.165, 1.54) is 12.1 Å². The van der Waals surface area contributed by atoms with Crippen molar-refractivity contribution < 1.29 is 13.9 Å². The second-order valence-corrected chi connectivity index (χ2v) is 5.31. The molecule has 3 nitrogen and oxygen atoms in total. The highest BCUT2D eigenvalue weighted by Crippen LogP contribution is 2.21. The molecule has 1 N–H and O–H groups in total. The molecule has 0 aliphatic rings. The topological polar surface area (TPSA) is 38.3 Å². The molecule has 0 heterocycles. The van der Waals surface area contributed by atoms with Crippen LogP contribution in [0, 0.1) is 12.7 Å². The monoisotopic (exact) mass is 309 g/mol. The molecule has 0 fully saturated rings. The molecule has 0 spiro atoms. The highest BCUT2D eigenvalue weighted by atomic mass is 19.1. The van der Waals surface area contributed by atoms with Crippen LogP contribution in [0.15, 0.2) is 60.7 Å². The zero-order valence-corrected chi connectivity index (χ0v) is 12.7. The first-order chi connectivity index (χ1) is 11.1. The van der Waals surface area contributed by atoms with Gasteiger partial charge in [0.2, 0.25) is 0 Å². The summed E-state index contributed by atoms with van der Waals surface area (Å²) in [7, 11) is 0. The maximum atomic E-state index is 13.2. The molecule has 3 rings (SSSR count). The van der Waals surface area contributed by atoms with Crippen LogP contribution in [0.2, 0.25) is 0 Å². The van der Waals surface area contributed by atoms with E-state index in [2.05, 4.69) is 5.32 Å². The minimum Gasteiger partial charge on any atom is -0.484 e. The normalized spacial score (nSPS) is 10.5. The van der Waals surface area contributed by atoms with Crippen LogP contribution in [0.3, 0.4) is 0 Å². The van der Waals surface area contributed by atoms with Crippen LogP contribution in [0.25, 0.3) is 10.8 Å². The lowest BCUT2D eigenvalue weighted by Crippen LogP contribution is -2.20. The Kier molecular flexibility index (Phi) is 4.24. The van der Waals surface area contributed by atoms with Crippen molar-refractivity contribution in [3.05, 3.63) is 72.0 Å². The largest absolute Gasteiger partial charge is 0.484 e. The standard InChI is InChI=1S/C19H16FNO2/c1-13-6-8-16(20)11-18(13)21-19(22)12-23-17-9-7-14-4-2-3-5-15(14)10-17/h2-11H,12H2,1H3,(H,21,22). The zero-order chi connectivity index (χ0) is 16.2. The van der Waals surface area contributed by atoms with Crippen LogP contribution < -0.4 is 10.1 Å². The Labute approximate surface area is 133 Å². The third-order valence-corrected chi connectivity index (χ3v) is 3.56. The van der Waals surface area contributed by atoms with Gasteiger partial charge in [-0.05, 0) is 47.5 Å². The van der Waals surface area contributed by atoms with Gasteiger partial charge in [-0.2, -0.15) is 0 Å². The quantitative estimate of drug-likeness (QED) is 0.780. The highest BCUT2D eigenvalue weighted by molar-refractivity contribution is 5.92. The lowest BCUT2D eigenvalue weighted by atomic mass is 10.1. The van der Waals surface area contributed by atoms with E-state index in [0.717, 1.165) is 16.3 Å². The molecule has 0 aromatic heterocycles. The van der Waals surface area contributed by atoms with Crippen LogP contribution in [-0.4, -0.2) is 12.5 Å². The van der Waals surface area contributed by atoms with Crippen molar-refractivity contribution in [3.8, 4) is 5.75 Å². The number of hydrogen-bond donors (Lipinski definition) is 1. The molecule has 23 heavy (non-hydrogen) atoms. The van der Waals surface area contributed by atoms with Crippen molar-refractivity contribution in [1.82, 2.24) is 0 Å². The number of benzene rings is 3. The van der Waals surface area contributed by atoms with Crippen LogP contribution in [0.5, 0.6) is 5.75 Å². The van der Waals surface area contributed by atoms with Crippen molar-refractivity contribution in [2.75, 3.05) is 11.9 Å². The number of hydrogen-bond acceptors (Lipinski definition) is 2. The second kappa shape index (κ2) is 6.48. The van der Waals surface area contributed by atoms with Crippen LogP contribution in [0.4, 0.5) is 10.1 Å². The molecule has 0 saturated heterocycles. The molecule has 0 aliphatic heterocycles. The molecule has 0 atom stereocenters. The Morgan fingerprint density at radius 3 is 2.65 bits per heavy atom. The van der Waals surface area contributed by atoms with E-state index < -0.39 is 0 Å². The van der Waals surface area contributed by atoms with Gasteiger partial charge in [0.25, 0.3) is 5.91 Å². The van der Waals surface area contributed by atoms with Crippen molar-refractivity contribution in [2.45, 2.75) is 6.92 Å². The lowest BCUT2D eigenvalue weighted by molar-refractivity contribution is -0.118. The Morgan fingerprint density at radius 2 is 1.83 bits per heavy atom. The molecule has 116 valence electrons. The van der Waals surface area contributed by atoms with Crippen LogP contribution >= 0.6 is 0 Å².